The van der Waals surface area contributed by atoms with Crippen LogP contribution in [0.1, 0.15) is 29.3 Å². The molecule has 0 saturated heterocycles. The van der Waals surface area contributed by atoms with Gasteiger partial charge in [0.2, 0.25) is 0 Å². The molecule has 0 radical (unpaired) electrons. The zero-order chi connectivity index (χ0) is 17.8. The number of nitrogens with zero attached hydrogens (tertiary/aromatic N) is 2. The van der Waals surface area contributed by atoms with Crippen molar-refractivity contribution in [2.75, 3.05) is 26.1 Å². The summed E-state index contributed by atoms with van der Waals surface area (Å²) in [6, 6.07) is 11.6. The molecule has 0 aliphatic heterocycles. The number of urea groups is 1. The number of carbonyl (C=O) groups is 1. The molecule has 0 saturated carbocycles. The Balaban J connectivity index is 1.59. The summed E-state index contributed by atoms with van der Waals surface area (Å²) in [4.78, 5) is 18.7. The third kappa shape index (κ3) is 3.84. The van der Waals surface area contributed by atoms with Gasteiger partial charge in [0.25, 0.3) is 0 Å². The Morgan fingerprint density at radius 1 is 1.28 bits per heavy atom. The minimum atomic E-state index is -0.183. The predicted octanol–water partition coefficient (Wildman–Crippen LogP) is 2.64. The summed E-state index contributed by atoms with van der Waals surface area (Å²) in [5, 5.41) is 5.94. The number of aromatic nitrogens is 1. The van der Waals surface area contributed by atoms with E-state index < -0.39 is 0 Å². The van der Waals surface area contributed by atoms with Gasteiger partial charge in [-0.3, -0.25) is 0 Å². The molecule has 2 aromatic rings. The number of nitrogens with one attached hydrogen (secondary N) is 2. The average Bonchev–Trinajstić information content (AvgIpc) is 3.03. The number of hydrogen-bond acceptors (Lipinski definition) is 4. The van der Waals surface area contributed by atoms with Gasteiger partial charge in [0.05, 0.1) is 25.4 Å². The van der Waals surface area contributed by atoms with Gasteiger partial charge in [-0.1, -0.05) is 18.2 Å². The summed E-state index contributed by atoms with van der Waals surface area (Å²) >= 11 is 0. The summed E-state index contributed by atoms with van der Waals surface area (Å²) in [6.07, 6.45) is 1.80. The number of rotatable bonds is 5. The fourth-order valence-corrected chi connectivity index (χ4v) is 3.16. The molecule has 1 heterocycles. The molecule has 6 nitrogen and oxygen atoms in total. The first-order valence-corrected chi connectivity index (χ1v) is 8.42. The molecular formula is C19H24N4O2. The van der Waals surface area contributed by atoms with Crippen LogP contribution < -0.4 is 20.3 Å². The molecule has 0 spiro atoms. The first-order valence-electron chi connectivity index (χ1n) is 8.42. The van der Waals surface area contributed by atoms with Crippen molar-refractivity contribution < 1.29 is 9.53 Å². The van der Waals surface area contributed by atoms with Crippen molar-refractivity contribution in [3.8, 4) is 5.75 Å². The number of anilines is 1. The number of carbonyl (C=O) groups excluding carboxylic acids is 1. The molecule has 0 unspecified atom stereocenters. The zero-order valence-electron chi connectivity index (χ0n) is 14.9. The van der Waals surface area contributed by atoms with Gasteiger partial charge in [-0.15, -0.1) is 0 Å². The molecule has 132 valence electrons. The lowest BCUT2D eigenvalue weighted by atomic mass is 10.1. The Hall–Kier alpha value is -2.76. The molecule has 6 heteroatoms. The SMILES string of the molecule is COc1cccc2c1CC[C@@H]2NC(=O)NCc1cccc(N(C)C)n1. The van der Waals surface area contributed by atoms with Crippen LogP contribution >= 0.6 is 0 Å². The molecule has 1 aliphatic carbocycles. The van der Waals surface area contributed by atoms with Gasteiger partial charge in [0.1, 0.15) is 11.6 Å². The van der Waals surface area contributed by atoms with E-state index >= 15 is 0 Å². The maximum Gasteiger partial charge on any atom is 0.315 e. The third-order valence-electron chi connectivity index (χ3n) is 4.43. The fraction of sp³-hybridized carbons (Fsp3) is 0.368. The first kappa shape index (κ1) is 17.1. The van der Waals surface area contributed by atoms with E-state index in [9.17, 15) is 4.79 Å². The van der Waals surface area contributed by atoms with Crippen LogP contribution in [0.15, 0.2) is 36.4 Å². The standard InChI is InChI=1S/C19H24N4O2/c1-23(2)18-9-4-6-13(21-18)12-20-19(24)22-16-11-10-15-14(16)7-5-8-17(15)25-3/h4-9,16H,10-12H2,1-3H3,(H2,20,22,24)/t16-/m0/s1. The number of ether oxygens (including phenoxy) is 1. The van der Waals surface area contributed by atoms with E-state index in [2.05, 4.69) is 21.7 Å². The lowest BCUT2D eigenvalue weighted by Crippen LogP contribution is -2.37. The van der Waals surface area contributed by atoms with Crippen molar-refractivity contribution in [2.24, 2.45) is 0 Å². The molecule has 1 aliphatic rings. The summed E-state index contributed by atoms with van der Waals surface area (Å²) in [5.41, 5.74) is 3.16. The lowest BCUT2D eigenvalue weighted by molar-refractivity contribution is 0.236. The van der Waals surface area contributed by atoms with Crippen LogP contribution in [-0.2, 0) is 13.0 Å². The number of hydrogen-bond donors (Lipinski definition) is 2. The lowest BCUT2D eigenvalue weighted by Gasteiger charge is -2.16. The monoisotopic (exact) mass is 340 g/mol. The Morgan fingerprint density at radius 2 is 2.08 bits per heavy atom. The van der Waals surface area contributed by atoms with Crippen molar-refractivity contribution in [1.29, 1.82) is 0 Å². The minimum absolute atomic E-state index is 0.0196. The number of benzene rings is 1. The quantitative estimate of drug-likeness (QED) is 0.878. The molecule has 2 N–H and O–H groups in total. The molecule has 0 fully saturated rings. The second-order valence-corrected chi connectivity index (χ2v) is 6.33. The van der Waals surface area contributed by atoms with Crippen molar-refractivity contribution >= 4 is 11.8 Å². The van der Waals surface area contributed by atoms with E-state index in [1.165, 1.54) is 5.56 Å². The number of methoxy groups -OCH3 is 1. The van der Waals surface area contributed by atoms with E-state index in [0.717, 1.165) is 35.7 Å². The van der Waals surface area contributed by atoms with Gasteiger partial charge in [-0.2, -0.15) is 0 Å². The highest BCUT2D eigenvalue weighted by Gasteiger charge is 2.26. The molecular weight excluding hydrogens is 316 g/mol. The zero-order valence-corrected chi connectivity index (χ0v) is 14.9. The topological polar surface area (TPSA) is 66.5 Å². The highest BCUT2D eigenvalue weighted by molar-refractivity contribution is 5.74. The van der Waals surface area contributed by atoms with Gasteiger partial charge >= 0.3 is 6.03 Å². The maximum absolute atomic E-state index is 12.3. The summed E-state index contributed by atoms with van der Waals surface area (Å²) in [7, 11) is 5.56. The molecule has 25 heavy (non-hydrogen) atoms. The smallest absolute Gasteiger partial charge is 0.315 e. The average molecular weight is 340 g/mol. The molecule has 0 bridgehead atoms. The van der Waals surface area contributed by atoms with E-state index in [0.29, 0.717) is 6.54 Å². The predicted molar refractivity (Wildman–Crippen MR) is 98.0 cm³/mol. The Labute approximate surface area is 148 Å². The van der Waals surface area contributed by atoms with E-state index in [4.69, 9.17) is 4.74 Å². The van der Waals surface area contributed by atoms with Crippen LogP contribution in [0.2, 0.25) is 0 Å². The molecule has 3 rings (SSSR count). The largest absolute Gasteiger partial charge is 0.496 e. The second-order valence-electron chi connectivity index (χ2n) is 6.33. The third-order valence-corrected chi connectivity index (χ3v) is 4.43. The van der Waals surface area contributed by atoms with Gasteiger partial charge in [-0.05, 0) is 42.2 Å². The Morgan fingerprint density at radius 3 is 2.84 bits per heavy atom. The van der Waals surface area contributed by atoms with Gasteiger partial charge in [0.15, 0.2) is 0 Å². The van der Waals surface area contributed by atoms with E-state index in [1.54, 1.807) is 7.11 Å². The minimum Gasteiger partial charge on any atom is -0.496 e. The van der Waals surface area contributed by atoms with Crippen molar-refractivity contribution in [2.45, 2.75) is 25.4 Å². The second kappa shape index (κ2) is 7.42. The summed E-state index contributed by atoms with van der Waals surface area (Å²) < 4.78 is 5.41. The highest BCUT2D eigenvalue weighted by atomic mass is 16.5. The molecule has 1 aromatic heterocycles. The summed E-state index contributed by atoms with van der Waals surface area (Å²) in [5.74, 6) is 1.77. The van der Waals surface area contributed by atoms with E-state index in [-0.39, 0.29) is 12.1 Å². The van der Waals surface area contributed by atoms with Crippen LogP contribution in [-0.4, -0.2) is 32.2 Å². The van der Waals surface area contributed by atoms with Crippen LogP contribution in [0.5, 0.6) is 5.75 Å². The van der Waals surface area contributed by atoms with Crippen LogP contribution in [0.25, 0.3) is 0 Å². The van der Waals surface area contributed by atoms with Gasteiger partial charge in [0, 0.05) is 14.1 Å². The summed E-state index contributed by atoms with van der Waals surface area (Å²) in [6.45, 7) is 0.394. The molecule has 1 aromatic carbocycles. The molecule has 1 atom stereocenters. The fourth-order valence-electron chi connectivity index (χ4n) is 3.16. The first-order chi connectivity index (χ1) is 12.1. The highest BCUT2D eigenvalue weighted by Crippen LogP contribution is 2.36. The van der Waals surface area contributed by atoms with Crippen molar-refractivity contribution in [3.63, 3.8) is 0 Å². The molecule has 2 amide bonds. The number of pyridine rings is 1. The normalized spacial score (nSPS) is 15.4. The van der Waals surface area contributed by atoms with E-state index in [1.807, 2.05) is 49.3 Å². The van der Waals surface area contributed by atoms with Crippen LogP contribution in [0, 0.1) is 0 Å². The Kier molecular flexibility index (Phi) is 5.07. The van der Waals surface area contributed by atoms with Crippen LogP contribution in [0.3, 0.4) is 0 Å². The maximum atomic E-state index is 12.3. The van der Waals surface area contributed by atoms with Crippen molar-refractivity contribution in [3.05, 3.63) is 53.2 Å². The number of fused-ring (bicyclic) bond motifs is 1. The van der Waals surface area contributed by atoms with Gasteiger partial charge < -0.3 is 20.3 Å². The Bertz CT molecular complexity index is 761. The van der Waals surface area contributed by atoms with Gasteiger partial charge in [-0.25, -0.2) is 9.78 Å². The van der Waals surface area contributed by atoms with Crippen molar-refractivity contribution in [1.82, 2.24) is 15.6 Å². The number of amides is 2. The van der Waals surface area contributed by atoms with Crippen LogP contribution in [0.4, 0.5) is 10.6 Å².